The Bertz CT molecular complexity index is 346. The first-order valence-electron chi connectivity index (χ1n) is 6.87. The fourth-order valence-electron chi connectivity index (χ4n) is 2.39. The zero-order chi connectivity index (χ0) is 12.8. The maximum atomic E-state index is 9.57. The van der Waals surface area contributed by atoms with Gasteiger partial charge in [-0.3, -0.25) is 0 Å². The number of hydrogen-bond donors (Lipinski definition) is 2. The molecule has 100 valence electrons. The molecule has 0 radical (unpaired) electrons. The number of thioether (sulfide) groups is 1. The Balaban J connectivity index is 1.97. The molecule has 1 fully saturated rings. The van der Waals surface area contributed by atoms with Crippen LogP contribution in [0.15, 0.2) is 24.3 Å². The summed E-state index contributed by atoms with van der Waals surface area (Å²) in [5.74, 6) is 2.48. The van der Waals surface area contributed by atoms with Gasteiger partial charge in [-0.25, -0.2) is 0 Å². The lowest BCUT2D eigenvalue weighted by Gasteiger charge is -2.27. The van der Waals surface area contributed by atoms with Crippen LogP contribution in [0.4, 0.5) is 0 Å². The molecular weight excluding hydrogens is 242 g/mol. The smallest absolute Gasteiger partial charge is 0.0626 e. The maximum absolute atomic E-state index is 9.57. The Kier molecular flexibility index (Phi) is 5.54. The van der Waals surface area contributed by atoms with Crippen molar-refractivity contribution >= 4 is 11.8 Å². The van der Waals surface area contributed by atoms with Crippen molar-refractivity contribution < 1.29 is 5.11 Å². The summed E-state index contributed by atoms with van der Waals surface area (Å²) >= 11 is 2.03. The summed E-state index contributed by atoms with van der Waals surface area (Å²) in [5, 5.41) is 13.2. The highest BCUT2D eigenvalue weighted by Crippen LogP contribution is 2.21. The van der Waals surface area contributed by atoms with Gasteiger partial charge in [0.15, 0.2) is 0 Å². The highest BCUT2D eigenvalue weighted by atomic mass is 32.2. The monoisotopic (exact) mass is 265 g/mol. The molecule has 1 aromatic rings. The van der Waals surface area contributed by atoms with Crippen molar-refractivity contribution in [3.8, 4) is 0 Å². The number of rotatable bonds is 5. The normalized spacial score (nSPS) is 18.8. The number of hydrogen-bond acceptors (Lipinski definition) is 3. The SMILES string of the molecule is CCc1ccc(C(CO)NC2CCSCC2)cc1. The number of nitrogens with one attached hydrogen (secondary N) is 1. The molecule has 0 aromatic heterocycles. The summed E-state index contributed by atoms with van der Waals surface area (Å²) in [5.41, 5.74) is 2.55. The predicted molar refractivity (Wildman–Crippen MR) is 79.1 cm³/mol. The molecule has 1 aromatic carbocycles. The number of aliphatic hydroxyl groups is 1. The molecular formula is C15H23NOS. The lowest BCUT2D eigenvalue weighted by atomic mass is 10.0. The third kappa shape index (κ3) is 3.74. The molecule has 1 aliphatic rings. The highest BCUT2D eigenvalue weighted by Gasteiger charge is 2.18. The van der Waals surface area contributed by atoms with Gasteiger partial charge in [0.05, 0.1) is 12.6 Å². The summed E-state index contributed by atoms with van der Waals surface area (Å²) in [6.45, 7) is 2.34. The van der Waals surface area contributed by atoms with E-state index in [-0.39, 0.29) is 12.6 Å². The van der Waals surface area contributed by atoms with Gasteiger partial charge < -0.3 is 10.4 Å². The Morgan fingerprint density at radius 3 is 2.50 bits per heavy atom. The standard InChI is InChI=1S/C15H23NOS/c1-2-12-3-5-13(6-4-12)15(11-17)16-14-7-9-18-10-8-14/h3-6,14-17H,2,7-11H2,1H3. The van der Waals surface area contributed by atoms with Gasteiger partial charge in [0, 0.05) is 6.04 Å². The van der Waals surface area contributed by atoms with Crippen LogP contribution in [-0.2, 0) is 6.42 Å². The van der Waals surface area contributed by atoms with Gasteiger partial charge in [-0.15, -0.1) is 0 Å². The third-order valence-electron chi connectivity index (χ3n) is 3.63. The quantitative estimate of drug-likeness (QED) is 0.858. The summed E-state index contributed by atoms with van der Waals surface area (Å²) in [4.78, 5) is 0. The first kappa shape index (κ1) is 13.9. The minimum Gasteiger partial charge on any atom is -0.394 e. The fraction of sp³-hybridized carbons (Fsp3) is 0.600. The second-order valence-electron chi connectivity index (χ2n) is 4.88. The topological polar surface area (TPSA) is 32.3 Å². The fourth-order valence-corrected chi connectivity index (χ4v) is 3.50. The Morgan fingerprint density at radius 2 is 1.94 bits per heavy atom. The van der Waals surface area contributed by atoms with Crippen LogP contribution in [0.1, 0.15) is 36.9 Å². The molecule has 18 heavy (non-hydrogen) atoms. The van der Waals surface area contributed by atoms with Crippen LogP contribution in [0.2, 0.25) is 0 Å². The third-order valence-corrected chi connectivity index (χ3v) is 4.68. The second kappa shape index (κ2) is 7.17. The van der Waals surface area contributed by atoms with Crippen molar-refractivity contribution in [1.29, 1.82) is 0 Å². The molecule has 1 heterocycles. The van der Waals surface area contributed by atoms with Crippen molar-refractivity contribution in [2.24, 2.45) is 0 Å². The number of benzene rings is 1. The first-order chi connectivity index (χ1) is 8.83. The molecule has 0 saturated carbocycles. The molecule has 2 rings (SSSR count). The van der Waals surface area contributed by atoms with Gasteiger partial charge in [0.25, 0.3) is 0 Å². The van der Waals surface area contributed by atoms with Crippen LogP contribution in [0.25, 0.3) is 0 Å². The van der Waals surface area contributed by atoms with E-state index >= 15 is 0 Å². The van der Waals surface area contributed by atoms with Crippen molar-refractivity contribution in [2.75, 3.05) is 18.1 Å². The van der Waals surface area contributed by atoms with Crippen LogP contribution in [0.3, 0.4) is 0 Å². The summed E-state index contributed by atoms with van der Waals surface area (Å²) in [6, 6.07) is 9.26. The molecule has 1 unspecified atom stereocenters. The second-order valence-corrected chi connectivity index (χ2v) is 6.11. The van der Waals surface area contributed by atoms with E-state index in [1.54, 1.807) is 0 Å². The van der Waals surface area contributed by atoms with Gasteiger partial charge in [-0.05, 0) is 41.9 Å². The molecule has 3 heteroatoms. The van der Waals surface area contributed by atoms with Crippen LogP contribution in [0.5, 0.6) is 0 Å². The largest absolute Gasteiger partial charge is 0.394 e. The van der Waals surface area contributed by atoms with Crippen molar-refractivity contribution in [2.45, 2.75) is 38.3 Å². The molecule has 1 saturated heterocycles. The Hall–Kier alpha value is -0.510. The van der Waals surface area contributed by atoms with Crippen LogP contribution in [-0.4, -0.2) is 29.3 Å². The van der Waals surface area contributed by atoms with Gasteiger partial charge in [-0.2, -0.15) is 11.8 Å². The zero-order valence-electron chi connectivity index (χ0n) is 11.1. The van der Waals surface area contributed by atoms with E-state index in [1.807, 2.05) is 11.8 Å². The average Bonchev–Trinajstić information content (AvgIpc) is 2.46. The van der Waals surface area contributed by atoms with Gasteiger partial charge in [-0.1, -0.05) is 31.2 Å². The maximum Gasteiger partial charge on any atom is 0.0626 e. The summed E-state index contributed by atoms with van der Waals surface area (Å²) in [7, 11) is 0. The number of aryl methyl sites for hydroxylation is 1. The first-order valence-corrected chi connectivity index (χ1v) is 8.02. The average molecular weight is 265 g/mol. The molecule has 1 aliphatic heterocycles. The van der Waals surface area contributed by atoms with E-state index in [0.29, 0.717) is 6.04 Å². The Labute approximate surface area is 114 Å². The molecule has 0 spiro atoms. The molecule has 0 aliphatic carbocycles. The zero-order valence-corrected chi connectivity index (χ0v) is 11.9. The van der Waals surface area contributed by atoms with Gasteiger partial charge in [0.1, 0.15) is 0 Å². The molecule has 0 amide bonds. The minimum absolute atomic E-state index is 0.0870. The van der Waals surface area contributed by atoms with E-state index < -0.39 is 0 Å². The van der Waals surface area contributed by atoms with Crippen LogP contribution in [0, 0.1) is 0 Å². The summed E-state index contributed by atoms with van der Waals surface area (Å²) < 4.78 is 0. The van der Waals surface area contributed by atoms with Crippen molar-refractivity contribution in [3.05, 3.63) is 35.4 Å². The lowest BCUT2D eigenvalue weighted by Crippen LogP contribution is -2.37. The molecule has 0 bridgehead atoms. The Morgan fingerprint density at radius 1 is 1.28 bits per heavy atom. The van der Waals surface area contributed by atoms with Crippen molar-refractivity contribution in [1.82, 2.24) is 5.32 Å². The molecule has 2 N–H and O–H groups in total. The van der Waals surface area contributed by atoms with E-state index in [0.717, 1.165) is 6.42 Å². The van der Waals surface area contributed by atoms with Crippen LogP contribution >= 0.6 is 11.8 Å². The predicted octanol–water partition coefficient (Wildman–Crippen LogP) is 2.77. The van der Waals surface area contributed by atoms with E-state index in [9.17, 15) is 5.11 Å². The van der Waals surface area contributed by atoms with Crippen molar-refractivity contribution in [3.63, 3.8) is 0 Å². The molecule has 1 atom stereocenters. The molecule has 2 nitrogen and oxygen atoms in total. The lowest BCUT2D eigenvalue weighted by molar-refractivity contribution is 0.230. The number of aliphatic hydroxyl groups excluding tert-OH is 1. The van der Waals surface area contributed by atoms with E-state index in [4.69, 9.17) is 0 Å². The van der Waals surface area contributed by atoms with Gasteiger partial charge in [0.2, 0.25) is 0 Å². The minimum atomic E-state index is 0.0870. The summed E-state index contributed by atoms with van der Waals surface area (Å²) in [6.07, 6.45) is 3.50. The van der Waals surface area contributed by atoms with Gasteiger partial charge >= 0.3 is 0 Å². The highest BCUT2D eigenvalue weighted by molar-refractivity contribution is 7.99. The van der Waals surface area contributed by atoms with E-state index in [2.05, 4.69) is 36.5 Å². The van der Waals surface area contributed by atoms with Crippen LogP contribution < -0.4 is 5.32 Å². The van der Waals surface area contributed by atoms with E-state index in [1.165, 1.54) is 35.5 Å².